The minimum atomic E-state index is -0.145. The molecule has 1 heterocycles. The van der Waals surface area contributed by atoms with Gasteiger partial charge in [-0.3, -0.25) is 4.79 Å². The molecular weight excluding hydrogens is 334 g/mol. The van der Waals surface area contributed by atoms with E-state index in [0.29, 0.717) is 16.7 Å². The molecule has 1 aliphatic rings. The van der Waals surface area contributed by atoms with Crippen molar-refractivity contribution in [2.45, 2.75) is 13.8 Å². The lowest BCUT2D eigenvalue weighted by atomic mass is 10.2. The molecule has 0 radical (unpaired) electrons. The molecule has 0 saturated carbocycles. The van der Waals surface area contributed by atoms with E-state index in [-0.39, 0.29) is 5.91 Å². The van der Waals surface area contributed by atoms with Crippen molar-refractivity contribution >= 4 is 35.2 Å². The summed E-state index contributed by atoms with van der Waals surface area (Å²) in [6.45, 7) is 5.62. The van der Waals surface area contributed by atoms with Gasteiger partial charge >= 0.3 is 0 Å². The maximum absolute atomic E-state index is 13.0. The Balaban J connectivity index is 2.06. The predicted molar refractivity (Wildman–Crippen MR) is 104 cm³/mol. The van der Waals surface area contributed by atoms with Gasteiger partial charge in [0.05, 0.1) is 5.69 Å². The third-order valence-electron chi connectivity index (χ3n) is 4.06. The fourth-order valence-corrected chi connectivity index (χ4v) is 2.96. The van der Waals surface area contributed by atoms with Crippen LogP contribution in [0.4, 0.5) is 5.69 Å². The summed E-state index contributed by atoms with van der Waals surface area (Å²) in [5.74, 6) is 0.493. The van der Waals surface area contributed by atoms with Gasteiger partial charge in [-0.15, -0.1) is 0 Å². The molecule has 0 aromatic heterocycles. The minimum absolute atomic E-state index is 0.145. The van der Waals surface area contributed by atoms with E-state index in [0.717, 1.165) is 24.3 Å². The number of carbonyl (C=O) groups is 1. The minimum Gasteiger partial charge on any atom is -0.342 e. The zero-order chi connectivity index (χ0) is 17.8. The highest BCUT2D eigenvalue weighted by Gasteiger charge is 2.34. The molecule has 0 unspecified atom stereocenters. The molecule has 0 fully saturated rings. The Hall–Kier alpha value is -2.59. The number of nitrogens with zero attached hydrogens (tertiary/aromatic N) is 3. The van der Waals surface area contributed by atoms with Crippen molar-refractivity contribution in [1.29, 1.82) is 0 Å². The van der Waals surface area contributed by atoms with Crippen molar-refractivity contribution in [3.8, 4) is 0 Å². The van der Waals surface area contributed by atoms with Gasteiger partial charge in [-0.25, -0.2) is 9.89 Å². The summed E-state index contributed by atoms with van der Waals surface area (Å²) < 4.78 is 0. The molecular formula is C20H20ClN3O. The highest BCUT2D eigenvalue weighted by molar-refractivity contribution is 6.32. The molecule has 2 aromatic carbocycles. The van der Waals surface area contributed by atoms with Gasteiger partial charge in [0.2, 0.25) is 5.96 Å². The molecule has 0 spiro atoms. The van der Waals surface area contributed by atoms with Crippen LogP contribution < -0.4 is 4.90 Å². The summed E-state index contributed by atoms with van der Waals surface area (Å²) in [4.78, 5) is 21.4. The molecule has 0 saturated heterocycles. The topological polar surface area (TPSA) is 35.9 Å². The van der Waals surface area contributed by atoms with Crippen LogP contribution in [-0.2, 0) is 4.79 Å². The maximum atomic E-state index is 13.0. The molecule has 3 rings (SSSR count). The summed E-state index contributed by atoms with van der Waals surface area (Å²) in [6, 6.07) is 17.0. The summed E-state index contributed by atoms with van der Waals surface area (Å²) in [7, 11) is 0. The third kappa shape index (κ3) is 3.59. The van der Waals surface area contributed by atoms with Gasteiger partial charge in [0.1, 0.15) is 5.70 Å². The smallest absolute Gasteiger partial charge is 0.283 e. The number of guanidine groups is 1. The van der Waals surface area contributed by atoms with Crippen LogP contribution in [0.5, 0.6) is 0 Å². The van der Waals surface area contributed by atoms with Crippen LogP contribution >= 0.6 is 11.6 Å². The van der Waals surface area contributed by atoms with Crippen LogP contribution in [0.3, 0.4) is 0 Å². The molecule has 1 amide bonds. The van der Waals surface area contributed by atoms with Crippen LogP contribution in [0.15, 0.2) is 65.3 Å². The van der Waals surface area contributed by atoms with E-state index in [4.69, 9.17) is 11.6 Å². The van der Waals surface area contributed by atoms with Gasteiger partial charge in [0.15, 0.2) is 0 Å². The standard InChI is InChI=1S/C20H20ClN3O/c1-3-23(4-2)20-22-18(13-15-9-6-5-7-10-15)19(25)24(20)17-12-8-11-16(21)14-17/h5-14H,3-4H2,1-2H3. The number of hydrogen-bond acceptors (Lipinski definition) is 3. The number of carbonyl (C=O) groups excluding carboxylic acids is 1. The number of hydrogen-bond donors (Lipinski definition) is 0. The summed E-state index contributed by atoms with van der Waals surface area (Å²) >= 11 is 6.13. The maximum Gasteiger partial charge on any atom is 0.283 e. The molecule has 25 heavy (non-hydrogen) atoms. The Bertz CT molecular complexity index is 826. The third-order valence-corrected chi connectivity index (χ3v) is 4.29. The lowest BCUT2D eigenvalue weighted by Crippen LogP contribution is -2.44. The van der Waals surface area contributed by atoms with Crippen molar-refractivity contribution in [3.63, 3.8) is 0 Å². The largest absolute Gasteiger partial charge is 0.342 e. The SMILES string of the molecule is CCN(CC)C1=NC(=Cc2ccccc2)C(=O)N1c1cccc(Cl)c1. The average Bonchev–Trinajstić information content (AvgIpc) is 2.93. The fraction of sp³-hybridized carbons (Fsp3) is 0.200. The second-order valence-electron chi connectivity index (χ2n) is 5.64. The number of aliphatic imine (C=N–C) groups is 1. The number of anilines is 1. The fourth-order valence-electron chi connectivity index (χ4n) is 2.78. The van der Waals surface area contributed by atoms with Crippen LogP contribution in [0.25, 0.3) is 6.08 Å². The molecule has 1 aliphatic heterocycles. The second-order valence-corrected chi connectivity index (χ2v) is 6.08. The molecule has 0 atom stereocenters. The van der Waals surface area contributed by atoms with Gasteiger partial charge in [-0.05, 0) is 43.7 Å². The lowest BCUT2D eigenvalue weighted by Gasteiger charge is -2.27. The van der Waals surface area contributed by atoms with Crippen LogP contribution in [0, 0.1) is 0 Å². The molecule has 0 bridgehead atoms. The van der Waals surface area contributed by atoms with Crippen LogP contribution in [-0.4, -0.2) is 29.9 Å². The lowest BCUT2D eigenvalue weighted by molar-refractivity contribution is -0.113. The van der Waals surface area contributed by atoms with Gasteiger partial charge in [-0.1, -0.05) is 48.0 Å². The normalized spacial score (nSPS) is 15.6. The Labute approximate surface area is 153 Å². The Morgan fingerprint density at radius 3 is 2.44 bits per heavy atom. The first-order valence-electron chi connectivity index (χ1n) is 8.34. The molecule has 128 valence electrons. The van der Waals surface area contributed by atoms with E-state index < -0.39 is 0 Å². The Kier molecular flexibility index (Phi) is 5.19. The first kappa shape index (κ1) is 17.2. The van der Waals surface area contributed by atoms with Gasteiger partial charge in [-0.2, -0.15) is 0 Å². The van der Waals surface area contributed by atoms with Crippen LogP contribution in [0.2, 0.25) is 5.02 Å². The zero-order valence-electron chi connectivity index (χ0n) is 14.3. The Morgan fingerprint density at radius 1 is 1.08 bits per heavy atom. The molecule has 4 nitrogen and oxygen atoms in total. The van der Waals surface area contributed by atoms with Gasteiger partial charge < -0.3 is 4.90 Å². The summed E-state index contributed by atoms with van der Waals surface area (Å²) in [6.07, 6.45) is 1.82. The van der Waals surface area contributed by atoms with E-state index in [2.05, 4.69) is 9.89 Å². The molecule has 2 aromatic rings. The van der Waals surface area contributed by atoms with Gasteiger partial charge in [0, 0.05) is 18.1 Å². The average molecular weight is 354 g/mol. The van der Waals surface area contributed by atoms with Crippen LogP contribution in [0.1, 0.15) is 19.4 Å². The number of amides is 1. The first-order chi connectivity index (χ1) is 12.1. The molecule has 0 aliphatic carbocycles. The summed E-state index contributed by atoms with van der Waals surface area (Å²) in [5, 5.41) is 0.588. The van der Waals surface area contributed by atoms with E-state index >= 15 is 0 Å². The number of rotatable bonds is 4. The monoisotopic (exact) mass is 353 g/mol. The van der Waals surface area contributed by atoms with Crippen molar-refractivity contribution in [3.05, 3.63) is 70.9 Å². The second kappa shape index (κ2) is 7.53. The summed E-state index contributed by atoms with van der Waals surface area (Å²) in [5.41, 5.74) is 2.09. The van der Waals surface area contributed by atoms with Crippen molar-refractivity contribution in [1.82, 2.24) is 4.90 Å². The number of benzene rings is 2. The quantitative estimate of drug-likeness (QED) is 0.762. The van der Waals surface area contributed by atoms with E-state index in [1.807, 2.05) is 62.4 Å². The van der Waals surface area contributed by atoms with E-state index in [9.17, 15) is 4.79 Å². The highest BCUT2D eigenvalue weighted by atomic mass is 35.5. The zero-order valence-corrected chi connectivity index (χ0v) is 15.1. The van der Waals surface area contributed by atoms with E-state index in [1.54, 1.807) is 17.0 Å². The van der Waals surface area contributed by atoms with E-state index in [1.165, 1.54) is 0 Å². The van der Waals surface area contributed by atoms with Gasteiger partial charge in [0.25, 0.3) is 5.91 Å². The first-order valence-corrected chi connectivity index (χ1v) is 8.72. The van der Waals surface area contributed by atoms with Crippen molar-refractivity contribution in [2.75, 3.05) is 18.0 Å². The number of halogens is 1. The Morgan fingerprint density at radius 2 is 1.80 bits per heavy atom. The molecule has 0 N–H and O–H groups in total. The predicted octanol–water partition coefficient (Wildman–Crippen LogP) is 4.43. The van der Waals surface area contributed by atoms with Crippen molar-refractivity contribution < 1.29 is 4.79 Å². The van der Waals surface area contributed by atoms with Crippen molar-refractivity contribution in [2.24, 2.45) is 4.99 Å². The molecule has 5 heteroatoms. The highest BCUT2D eigenvalue weighted by Crippen LogP contribution is 2.28.